The maximum atomic E-state index is 11.1. The maximum Gasteiger partial charge on any atom is 0.292 e. The van der Waals surface area contributed by atoms with Crippen LogP contribution in [0.3, 0.4) is 0 Å². The summed E-state index contributed by atoms with van der Waals surface area (Å²) in [6.07, 6.45) is -2.44. The quantitative estimate of drug-likeness (QED) is 0.369. The number of nitrogens with zero attached hydrogens (tertiary/aromatic N) is 1. The molecule has 1 fully saturated rings. The Kier molecular flexibility index (Phi) is 4.93. The van der Waals surface area contributed by atoms with Crippen LogP contribution in [0.2, 0.25) is 0 Å². The highest BCUT2D eigenvalue weighted by Crippen LogP contribution is 2.30. The van der Waals surface area contributed by atoms with E-state index in [4.69, 9.17) is 10.5 Å². The molecular formula is C11H14N2O8P-. The minimum atomic E-state index is -5.22. The van der Waals surface area contributed by atoms with E-state index >= 15 is 0 Å². The molecule has 4 N–H and O–H groups in total. The first kappa shape index (κ1) is 17.0. The predicted molar refractivity (Wildman–Crippen MR) is 64.6 cm³/mol. The lowest BCUT2D eigenvalue weighted by atomic mass is 10.1. The molecule has 1 saturated heterocycles. The van der Waals surface area contributed by atoms with Crippen LogP contribution < -0.4 is 20.1 Å². The van der Waals surface area contributed by atoms with Gasteiger partial charge in [0, 0.05) is 6.07 Å². The summed E-state index contributed by atoms with van der Waals surface area (Å²) < 4.78 is 21.1. The second-order valence-corrected chi connectivity index (χ2v) is 5.85. The molecule has 2 rings (SSSR count). The van der Waals surface area contributed by atoms with Gasteiger partial charge in [-0.15, -0.1) is 0 Å². The van der Waals surface area contributed by atoms with Gasteiger partial charge in [-0.05, 0) is 6.07 Å². The van der Waals surface area contributed by atoms with Gasteiger partial charge in [0.25, 0.3) is 12.1 Å². The van der Waals surface area contributed by atoms with Gasteiger partial charge in [0.2, 0.25) is 0 Å². The number of phosphoric ester groups is 1. The van der Waals surface area contributed by atoms with Crippen molar-refractivity contribution in [2.45, 2.75) is 24.5 Å². The zero-order chi connectivity index (χ0) is 16.5. The van der Waals surface area contributed by atoms with E-state index < -0.39 is 44.9 Å². The van der Waals surface area contributed by atoms with E-state index in [-0.39, 0.29) is 5.56 Å². The summed E-state index contributed by atoms with van der Waals surface area (Å²) >= 11 is 0. The number of hydrogen-bond donors (Lipinski definition) is 3. The van der Waals surface area contributed by atoms with Gasteiger partial charge in [-0.2, -0.15) is 4.57 Å². The molecule has 1 aliphatic heterocycles. The van der Waals surface area contributed by atoms with Crippen molar-refractivity contribution in [2.24, 2.45) is 5.73 Å². The van der Waals surface area contributed by atoms with Gasteiger partial charge < -0.3 is 39.6 Å². The highest BCUT2D eigenvalue weighted by atomic mass is 31.2. The van der Waals surface area contributed by atoms with Crippen LogP contribution in [0.4, 0.5) is 0 Å². The fourth-order valence-electron chi connectivity index (χ4n) is 2.07. The van der Waals surface area contributed by atoms with Crippen molar-refractivity contribution >= 4 is 13.7 Å². The monoisotopic (exact) mass is 333 g/mol. The Balaban J connectivity index is 2.14. The summed E-state index contributed by atoms with van der Waals surface area (Å²) in [5, 5.41) is 19.8. The number of nitrogens with two attached hydrogens (primary N) is 1. The zero-order valence-corrected chi connectivity index (χ0v) is 12.0. The number of primary amides is 1. The molecular weight excluding hydrogens is 319 g/mol. The number of carbonyl (C=O) groups excluding carboxylic acids is 1. The normalized spacial score (nSPS) is 28.7. The van der Waals surface area contributed by atoms with Crippen LogP contribution in [0.25, 0.3) is 0 Å². The third-order valence-electron chi connectivity index (χ3n) is 3.13. The predicted octanol–water partition coefficient (Wildman–Crippen LogP) is -3.46. The van der Waals surface area contributed by atoms with Gasteiger partial charge in [-0.1, -0.05) is 0 Å². The summed E-state index contributed by atoms with van der Waals surface area (Å²) in [4.78, 5) is 32.0. The number of amides is 1. The molecule has 0 radical (unpaired) electrons. The highest BCUT2D eigenvalue weighted by Gasteiger charge is 2.48. The topological polar surface area (TPSA) is 169 Å². The smallest absolute Gasteiger partial charge is 0.292 e. The minimum absolute atomic E-state index is 0.149. The third kappa shape index (κ3) is 3.87. The molecule has 0 bridgehead atoms. The Morgan fingerprint density at radius 3 is 2.73 bits per heavy atom. The molecule has 0 saturated carbocycles. The number of ether oxygens (including phenoxy) is 1. The number of pyridine rings is 1. The standard InChI is InChI=1S/C11H15N2O8P/c12-10(16)6-2-1-3-13(4-6)11-9(15)8(14)7(21-11)5-20-22(17,18)19/h1-4,7-9,11,14-15H,5H2,(H3-,12,16,17,18,19)/p-1/t7-,8-,9-,11-/m1/s1. The fraction of sp³-hybridized carbons (Fsp3) is 0.455. The van der Waals surface area contributed by atoms with Crippen LogP contribution in [0.5, 0.6) is 0 Å². The van der Waals surface area contributed by atoms with Crippen molar-refractivity contribution in [1.29, 1.82) is 0 Å². The highest BCUT2D eigenvalue weighted by molar-refractivity contribution is 7.43. The minimum Gasteiger partial charge on any atom is -0.790 e. The van der Waals surface area contributed by atoms with Gasteiger partial charge >= 0.3 is 0 Å². The summed E-state index contributed by atoms with van der Waals surface area (Å²) in [5.74, 6) is -0.694. The molecule has 0 unspecified atom stereocenters. The second-order valence-electron chi connectivity index (χ2n) is 4.69. The van der Waals surface area contributed by atoms with Crippen molar-refractivity contribution in [3.8, 4) is 0 Å². The van der Waals surface area contributed by atoms with Crippen LogP contribution in [0.1, 0.15) is 16.6 Å². The molecule has 0 spiro atoms. The van der Waals surface area contributed by atoms with Crippen LogP contribution in [0.15, 0.2) is 24.5 Å². The number of rotatable bonds is 5. The Bertz CT molecular complexity index is 606. The van der Waals surface area contributed by atoms with E-state index in [2.05, 4.69) is 4.52 Å². The van der Waals surface area contributed by atoms with Crippen LogP contribution in [0, 0.1) is 0 Å². The second kappa shape index (κ2) is 6.39. The largest absolute Gasteiger partial charge is 0.790 e. The molecule has 1 amide bonds. The summed E-state index contributed by atoms with van der Waals surface area (Å²) in [6.45, 7) is -0.727. The molecule has 0 aromatic carbocycles. The maximum absolute atomic E-state index is 11.1. The number of carbonyl (C=O) groups is 1. The molecule has 1 aliphatic rings. The average Bonchev–Trinajstić information content (AvgIpc) is 2.72. The fourth-order valence-corrected chi connectivity index (χ4v) is 2.40. The number of aliphatic hydroxyl groups excluding tert-OH is 2. The van der Waals surface area contributed by atoms with E-state index in [1.165, 1.54) is 29.1 Å². The lowest BCUT2D eigenvalue weighted by Crippen LogP contribution is -2.46. The van der Waals surface area contributed by atoms with Gasteiger partial charge in [-0.25, -0.2) is 0 Å². The molecule has 10 nitrogen and oxygen atoms in total. The molecule has 1 aromatic heterocycles. The first-order valence-electron chi connectivity index (χ1n) is 6.18. The van der Waals surface area contributed by atoms with Crippen molar-refractivity contribution in [2.75, 3.05) is 6.61 Å². The molecule has 0 aliphatic carbocycles. The lowest BCUT2D eigenvalue weighted by molar-refractivity contribution is -0.765. The van der Waals surface area contributed by atoms with Gasteiger partial charge in [0.1, 0.15) is 17.8 Å². The van der Waals surface area contributed by atoms with Crippen LogP contribution in [-0.4, -0.2) is 41.0 Å². The Labute approximate surface area is 124 Å². The zero-order valence-electron chi connectivity index (χ0n) is 11.1. The SMILES string of the molecule is NC(=O)c1ccc[n+]([C@@H]2O[C@H](COP(=O)([O-])[O-])[C@@H](O)[C@H]2O)c1. The molecule has 22 heavy (non-hydrogen) atoms. The molecule has 122 valence electrons. The summed E-state index contributed by atoms with van der Waals surface area (Å²) in [5.41, 5.74) is 5.29. The van der Waals surface area contributed by atoms with E-state index in [1.54, 1.807) is 0 Å². The van der Waals surface area contributed by atoms with Crippen molar-refractivity contribution in [3.63, 3.8) is 0 Å². The first-order valence-corrected chi connectivity index (χ1v) is 7.64. The number of aliphatic hydroxyl groups is 2. The third-order valence-corrected chi connectivity index (χ3v) is 3.60. The number of phosphoric acid groups is 1. The van der Waals surface area contributed by atoms with E-state index in [0.29, 0.717) is 0 Å². The van der Waals surface area contributed by atoms with Crippen molar-refractivity contribution in [3.05, 3.63) is 30.1 Å². The Morgan fingerprint density at radius 2 is 2.14 bits per heavy atom. The van der Waals surface area contributed by atoms with Crippen molar-refractivity contribution < 1.29 is 43.2 Å². The van der Waals surface area contributed by atoms with E-state index in [1.807, 2.05) is 0 Å². The van der Waals surface area contributed by atoms with E-state index in [0.717, 1.165) is 0 Å². The Morgan fingerprint density at radius 1 is 1.45 bits per heavy atom. The summed E-state index contributed by atoms with van der Waals surface area (Å²) in [6, 6.07) is 2.93. The average molecular weight is 333 g/mol. The molecule has 4 atom stereocenters. The van der Waals surface area contributed by atoms with Crippen molar-refractivity contribution in [1.82, 2.24) is 0 Å². The molecule has 11 heteroatoms. The first-order chi connectivity index (χ1) is 10.2. The van der Waals surface area contributed by atoms with Crippen LogP contribution >= 0.6 is 7.82 Å². The Hall–Kier alpha value is -1.39. The van der Waals surface area contributed by atoms with Gasteiger partial charge in [-0.3, -0.25) is 4.79 Å². The molecule has 1 aromatic rings. The molecule has 2 heterocycles. The lowest BCUT2D eigenvalue weighted by Gasteiger charge is -2.30. The van der Waals surface area contributed by atoms with Gasteiger partial charge in [0.05, 0.1) is 14.4 Å². The number of aromatic nitrogens is 1. The van der Waals surface area contributed by atoms with Crippen LogP contribution in [-0.2, 0) is 13.8 Å². The van der Waals surface area contributed by atoms with E-state index in [9.17, 15) is 29.4 Å². The van der Waals surface area contributed by atoms with Gasteiger partial charge in [0.15, 0.2) is 18.5 Å². The number of hydrogen-bond acceptors (Lipinski definition) is 8. The summed E-state index contributed by atoms with van der Waals surface area (Å²) in [7, 11) is -5.22.